The number of ether oxygens (including phenoxy) is 3. The highest BCUT2D eigenvalue weighted by molar-refractivity contribution is 5.26. The van der Waals surface area contributed by atoms with Crippen LogP contribution in [0.4, 0.5) is 0 Å². The van der Waals surface area contributed by atoms with E-state index in [1.165, 1.54) is 5.56 Å². The Bertz CT molecular complexity index is 651. The van der Waals surface area contributed by atoms with E-state index in [1.54, 1.807) is 7.11 Å². The Balaban J connectivity index is 2.05. The van der Waals surface area contributed by atoms with Gasteiger partial charge in [0.2, 0.25) is 0 Å². The van der Waals surface area contributed by atoms with Crippen molar-refractivity contribution in [1.29, 1.82) is 0 Å². The molecule has 2 aromatic carbocycles. The molecule has 0 aliphatic rings. The Morgan fingerprint density at radius 2 is 1.67 bits per heavy atom. The van der Waals surface area contributed by atoms with Crippen molar-refractivity contribution < 1.29 is 14.2 Å². The summed E-state index contributed by atoms with van der Waals surface area (Å²) in [7, 11) is 1.67. The van der Waals surface area contributed by atoms with Gasteiger partial charge < -0.3 is 14.2 Å². The van der Waals surface area contributed by atoms with Gasteiger partial charge in [-0.2, -0.15) is 0 Å². The van der Waals surface area contributed by atoms with Gasteiger partial charge in [0.25, 0.3) is 0 Å². The molecule has 0 saturated carbocycles. The summed E-state index contributed by atoms with van der Waals surface area (Å²) < 4.78 is 17.5. The van der Waals surface area contributed by atoms with Gasteiger partial charge in [0, 0.05) is 12.5 Å². The van der Waals surface area contributed by atoms with E-state index in [0.29, 0.717) is 6.61 Å². The van der Waals surface area contributed by atoms with Crippen LogP contribution in [0.25, 0.3) is 0 Å². The van der Waals surface area contributed by atoms with Gasteiger partial charge in [-0.1, -0.05) is 55.5 Å². The molecular formula is C24H32O3. The predicted molar refractivity (Wildman–Crippen MR) is 111 cm³/mol. The Labute approximate surface area is 164 Å². The zero-order chi connectivity index (χ0) is 19.5. The van der Waals surface area contributed by atoms with E-state index in [1.807, 2.05) is 36.4 Å². The monoisotopic (exact) mass is 368 g/mol. The molecule has 27 heavy (non-hydrogen) atoms. The Morgan fingerprint density at radius 3 is 2.26 bits per heavy atom. The normalized spacial score (nSPS) is 14.3. The van der Waals surface area contributed by atoms with Crippen LogP contribution in [0.5, 0.6) is 5.75 Å². The molecule has 1 unspecified atom stereocenters. The topological polar surface area (TPSA) is 27.7 Å². The molecule has 0 bridgehead atoms. The smallest absolute Gasteiger partial charge is 0.118 e. The van der Waals surface area contributed by atoms with E-state index in [4.69, 9.17) is 14.2 Å². The molecular weight excluding hydrogens is 336 g/mol. The first-order chi connectivity index (χ1) is 13.2. The molecule has 0 N–H and O–H groups in total. The molecule has 146 valence electrons. The second-order valence-electron chi connectivity index (χ2n) is 6.79. The summed E-state index contributed by atoms with van der Waals surface area (Å²) in [5.74, 6) is 1.06. The van der Waals surface area contributed by atoms with Crippen LogP contribution >= 0.6 is 0 Å². The maximum absolute atomic E-state index is 6.23. The number of benzene rings is 2. The summed E-state index contributed by atoms with van der Waals surface area (Å²) in [6, 6.07) is 18.5. The van der Waals surface area contributed by atoms with Gasteiger partial charge in [0.05, 0.1) is 25.9 Å². The molecule has 2 rings (SSSR count). The SMILES string of the molecule is C=C[C@H](OCCC)[C@@H](Cc1ccccc1)C(C)OCc1ccc(OC)cc1. The minimum atomic E-state index is -0.0315. The standard InChI is InChI=1S/C24H32O3/c1-5-16-26-24(6-2)23(17-20-10-8-7-9-11-20)19(3)27-18-21-12-14-22(25-4)15-13-21/h6-15,19,23-24H,2,5,16-18H2,1,3-4H3/t19?,23-,24-/m0/s1. The van der Waals surface area contributed by atoms with Crippen molar-refractivity contribution >= 4 is 0 Å². The molecule has 0 amide bonds. The first kappa shape index (κ1) is 21.2. The summed E-state index contributed by atoms with van der Waals surface area (Å²) in [6.45, 7) is 9.54. The van der Waals surface area contributed by atoms with Crippen LogP contribution in [0.3, 0.4) is 0 Å². The fourth-order valence-corrected chi connectivity index (χ4v) is 3.13. The molecule has 0 spiro atoms. The Hall–Kier alpha value is -2.10. The summed E-state index contributed by atoms with van der Waals surface area (Å²) >= 11 is 0. The van der Waals surface area contributed by atoms with E-state index >= 15 is 0 Å². The van der Waals surface area contributed by atoms with Gasteiger partial charge >= 0.3 is 0 Å². The molecule has 3 nitrogen and oxygen atoms in total. The van der Waals surface area contributed by atoms with E-state index in [-0.39, 0.29) is 18.1 Å². The minimum Gasteiger partial charge on any atom is -0.497 e. The van der Waals surface area contributed by atoms with Gasteiger partial charge in [-0.25, -0.2) is 0 Å². The highest BCUT2D eigenvalue weighted by atomic mass is 16.5. The maximum atomic E-state index is 6.23. The minimum absolute atomic E-state index is 0.0315. The molecule has 3 heteroatoms. The lowest BCUT2D eigenvalue weighted by molar-refractivity contribution is -0.0460. The average molecular weight is 369 g/mol. The van der Waals surface area contributed by atoms with Crippen LogP contribution in [-0.2, 0) is 22.5 Å². The number of rotatable bonds is 12. The number of hydrogen-bond donors (Lipinski definition) is 0. The molecule has 0 fully saturated rings. The predicted octanol–water partition coefficient (Wildman–Crippen LogP) is 5.44. The van der Waals surface area contributed by atoms with Gasteiger partial charge in [-0.3, -0.25) is 0 Å². The lowest BCUT2D eigenvalue weighted by atomic mass is 9.89. The van der Waals surface area contributed by atoms with Crippen molar-refractivity contribution in [3.63, 3.8) is 0 Å². The molecule has 3 atom stereocenters. The van der Waals surface area contributed by atoms with Crippen molar-refractivity contribution in [2.75, 3.05) is 13.7 Å². The van der Waals surface area contributed by atoms with Crippen molar-refractivity contribution in [1.82, 2.24) is 0 Å². The van der Waals surface area contributed by atoms with Crippen molar-refractivity contribution in [2.24, 2.45) is 5.92 Å². The van der Waals surface area contributed by atoms with E-state index < -0.39 is 0 Å². The summed E-state index contributed by atoms with van der Waals surface area (Å²) in [4.78, 5) is 0. The fourth-order valence-electron chi connectivity index (χ4n) is 3.13. The summed E-state index contributed by atoms with van der Waals surface area (Å²) in [6.07, 6.45) is 3.80. The fraction of sp³-hybridized carbons (Fsp3) is 0.417. The molecule has 0 aromatic heterocycles. The van der Waals surface area contributed by atoms with Crippen LogP contribution in [0.15, 0.2) is 67.3 Å². The maximum Gasteiger partial charge on any atom is 0.118 e. The molecule has 0 aliphatic heterocycles. The van der Waals surface area contributed by atoms with Gasteiger partial charge in [0.15, 0.2) is 0 Å². The Kier molecular flexibility index (Phi) is 9.09. The van der Waals surface area contributed by atoms with Crippen molar-refractivity contribution in [3.8, 4) is 5.75 Å². The third kappa shape index (κ3) is 6.85. The molecule has 0 aliphatic carbocycles. The quantitative estimate of drug-likeness (QED) is 0.467. The summed E-state index contributed by atoms with van der Waals surface area (Å²) in [5.41, 5.74) is 2.42. The molecule has 0 heterocycles. The van der Waals surface area contributed by atoms with Gasteiger partial charge in [0.1, 0.15) is 5.75 Å². The molecule has 0 radical (unpaired) electrons. The summed E-state index contributed by atoms with van der Waals surface area (Å²) in [5, 5.41) is 0. The zero-order valence-electron chi connectivity index (χ0n) is 16.8. The van der Waals surface area contributed by atoms with E-state index in [2.05, 4.69) is 44.7 Å². The van der Waals surface area contributed by atoms with Crippen molar-refractivity contribution in [3.05, 3.63) is 78.4 Å². The van der Waals surface area contributed by atoms with Gasteiger partial charge in [-0.05, 0) is 43.0 Å². The largest absolute Gasteiger partial charge is 0.497 e. The lowest BCUT2D eigenvalue weighted by Crippen LogP contribution is -2.34. The number of methoxy groups -OCH3 is 1. The van der Waals surface area contributed by atoms with Crippen LogP contribution < -0.4 is 4.74 Å². The highest BCUT2D eigenvalue weighted by Crippen LogP contribution is 2.23. The first-order valence-electron chi connectivity index (χ1n) is 9.70. The van der Waals surface area contributed by atoms with E-state index in [0.717, 1.165) is 30.8 Å². The van der Waals surface area contributed by atoms with E-state index in [9.17, 15) is 0 Å². The third-order valence-electron chi connectivity index (χ3n) is 4.76. The van der Waals surface area contributed by atoms with Crippen LogP contribution in [-0.4, -0.2) is 25.9 Å². The lowest BCUT2D eigenvalue weighted by Gasteiger charge is -2.30. The third-order valence-corrected chi connectivity index (χ3v) is 4.76. The Morgan fingerprint density at radius 1 is 0.963 bits per heavy atom. The molecule has 0 saturated heterocycles. The molecule has 2 aromatic rings. The second-order valence-corrected chi connectivity index (χ2v) is 6.79. The van der Waals surface area contributed by atoms with Gasteiger partial charge in [-0.15, -0.1) is 6.58 Å². The van der Waals surface area contributed by atoms with Crippen molar-refractivity contribution in [2.45, 2.75) is 45.5 Å². The first-order valence-corrected chi connectivity index (χ1v) is 9.70. The van der Waals surface area contributed by atoms with Crippen LogP contribution in [0, 0.1) is 5.92 Å². The second kappa shape index (κ2) is 11.6. The zero-order valence-corrected chi connectivity index (χ0v) is 16.8. The average Bonchev–Trinajstić information content (AvgIpc) is 2.72. The number of hydrogen-bond acceptors (Lipinski definition) is 3. The highest BCUT2D eigenvalue weighted by Gasteiger charge is 2.26. The van der Waals surface area contributed by atoms with Crippen LogP contribution in [0.2, 0.25) is 0 Å². The van der Waals surface area contributed by atoms with Crippen LogP contribution in [0.1, 0.15) is 31.4 Å².